The van der Waals surface area contributed by atoms with Gasteiger partial charge in [0.1, 0.15) is 30.5 Å². The lowest BCUT2D eigenvalue weighted by Crippen LogP contribution is -2.35. The number of allylic oxidation sites excluding steroid dienone is 1. The van der Waals surface area contributed by atoms with Crippen molar-refractivity contribution >= 4 is 23.9 Å². The van der Waals surface area contributed by atoms with Gasteiger partial charge in [-0.05, 0) is 80.5 Å². The molecular weight excluding hydrogens is 538 g/mol. The number of amides is 2. The zero-order valence-electron chi connectivity index (χ0n) is 24.0. The Kier molecular flexibility index (Phi) is 9.59. The number of nitrogens with zero attached hydrogens (tertiary/aromatic N) is 1. The molecule has 0 radical (unpaired) electrons. The van der Waals surface area contributed by atoms with Crippen molar-refractivity contribution in [3.63, 3.8) is 0 Å². The summed E-state index contributed by atoms with van der Waals surface area (Å²) in [5.74, 6) is -0.181. The molecule has 1 aliphatic carbocycles. The van der Waals surface area contributed by atoms with Gasteiger partial charge < -0.3 is 24.1 Å². The first-order chi connectivity index (χ1) is 20.4. The number of carboxylic acid groups (broad SMARTS) is 1. The predicted molar refractivity (Wildman–Crippen MR) is 154 cm³/mol. The number of carboxylic acids is 1. The van der Waals surface area contributed by atoms with E-state index in [0.717, 1.165) is 35.3 Å². The molecule has 224 valence electrons. The summed E-state index contributed by atoms with van der Waals surface area (Å²) in [6.07, 6.45) is 5.60. The van der Waals surface area contributed by atoms with Gasteiger partial charge in [0, 0.05) is 18.9 Å². The monoisotopic (exact) mass is 577 g/mol. The van der Waals surface area contributed by atoms with Crippen LogP contribution in [0, 0.1) is 17.8 Å². The first kappa shape index (κ1) is 29.8. The van der Waals surface area contributed by atoms with Gasteiger partial charge in [-0.1, -0.05) is 30.2 Å². The molecule has 3 aliphatic rings. The Bertz CT molecular complexity index is 1340. The lowest BCUT2D eigenvalue weighted by atomic mass is 9.69. The Morgan fingerprint density at radius 1 is 1.05 bits per heavy atom. The van der Waals surface area contributed by atoms with Crippen molar-refractivity contribution in [3.8, 4) is 5.75 Å². The molecule has 3 heterocycles. The number of aliphatic hydroxyl groups excluding tert-OH is 1. The Morgan fingerprint density at radius 2 is 1.86 bits per heavy atom. The second kappa shape index (κ2) is 13.5. The van der Waals surface area contributed by atoms with Crippen LogP contribution in [-0.2, 0) is 25.7 Å². The molecule has 2 N–H and O–H groups in total. The Hall–Kier alpha value is -3.69. The summed E-state index contributed by atoms with van der Waals surface area (Å²) >= 11 is 0. The summed E-state index contributed by atoms with van der Waals surface area (Å²) in [5, 5.41) is 18.2. The van der Waals surface area contributed by atoms with Crippen LogP contribution in [0.3, 0.4) is 0 Å². The third-order valence-corrected chi connectivity index (χ3v) is 8.56. The van der Waals surface area contributed by atoms with Crippen molar-refractivity contribution in [1.29, 1.82) is 0 Å². The molecule has 9 nitrogen and oxygen atoms in total. The first-order valence-electron chi connectivity index (χ1n) is 14.8. The highest BCUT2D eigenvalue weighted by atomic mass is 16.5. The van der Waals surface area contributed by atoms with Crippen LogP contribution in [0.25, 0.3) is 6.08 Å². The molecule has 1 aromatic heterocycles. The van der Waals surface area contributed by atoms with Gasteiger partial charge in [0.15, 0.2) is 0 Å². The molecular formula is C33H39NO8. The second-order valence-corrected chi connectivity index (χ2v) is 11.4. The zero-order chi connectivity index (χ0) is 29.6. The Balaban J connectivity index is 1.31. The molecule has 0 bridgehead atoms. The van der Waals surface area contributed by atoms with Gasteiger partial charge in [-0.2, -0.15) is 0 Å². The van der Waals surface area contributed by atoms with Gasteiger partial charge in [0.2, 0.25) is 11.8 Å². The van der Waals surface area contributed by atoms with E-state index in [0.29, 0.717) is 57.0 Å². The molecule has 2 amide bonds. The molecule has 2 aromatic rings. The Morgan fingerprint density at radius 3 is 2.60 bits per heavy atom. The van der Waals surface area contributed by atoms with Crippen LogP contribution in [0.1, 0.15) is 63.4 Å². The number of carbonyl (C=O) groups is 3. The number of carbonyl (C=O) groups excluding carboxylic acids is 2. The summed E-state index contributed by atoms with van der Waals surface area (Å²) in [7, 11) is 0. The minimum Gasteiger partial charge on any atom is -0.489 e. The fraction of sp³-hybridized carbons (Fsp3) is 0.485. The van der Waals surface area contributed by atoms with E-state index in [-0.39, 0.29) is 36.9 Å². The van der Waals surface area contributed by atoms with Gasteiger partial charge in [-0.25, -0.2) is 0 Å². The molecule has 9 heteroatoms. The van der Waals surface area contributed by atoms with E-state index < -0.39 is 17.8 Å². The van der Waals surface area contributed by atoms with Gasteiger partial charge in [-0.3, -0.25) is 19.3 Å². The molecule has 2 saturated heterocycles. The average Bonchev–Trinajstić information content (AvgIpc) is 3.68. The Labute approximate surface area is 245 Å². The van der Waals surface area contributed by atoms with Crippen molar-refractivity contribution in [1.82, 2.24) is 4.90 Å². The first-order valence-corrected chi connectivity index (χ1v) is 14.8. The zero-order valence-corrected chi connectivity index (χ0v) is 24.0. The number of unbranched alkanes of at least 4 members (excludes halogenated alkanes) is 2. The minimum atomic E-state index is -0.837. The van der Waals surface area contributed by atoms with E-state index in [4.69, 9.17) is 19.0 Å². The largest absolute Gasteiger partial charge is 0.489 e. The van der Waals surface area contributed by atoms with E-state index in [2.05, 4.69) is 0 Å². The normalized spacial score (nSPS) is 23.9. The minimum absolute atomic E-state index is 0.0892. The molecule has 42 heavy (non-hydrogen) atoms. The summed E-state index contributed by atoms with van der Waals surface area (Å²) in [5.41, 5.74) is 3.25. The number of rotatable bonds is 14. The number of hydrogen-bond acceptors (Lipinski definition) is 7. The lowest BCUT2D eigenvalue weighted by Gasteiger charge is -2.31. The highest BCUT2D eigenvalue weighted by molar-refractivity contribution is 6.06. The molecule has 0 spiro atoms. The van der Waals surface area contributed by atoms with Crippen molar-refractivity contribution in [3.05, 3.63) is 70.7 Å². The second-order valence-electron chi connectivity index (χ2n) is 11.4. The molecule has 5 rings (SSSR count). The maximum absolute atomic E-state index is 13.6. The highest BCUT2D eigenvalue weighted by Gasteiger charge is 2.56. The fourth-order valence-electron chi connectivity index (χ4n) is 6.53. The third kappa shape index (κ3) is 6.68. The van der Waals surface area contributed by atoms with Crippen LogP contribution >= 0.6 is 0 Å². The van der Waals surface area contributed by atoms with Gasteiger partial charge in [0.05, 0.1) is 24.5 Å². The standard InChI is InChI=1S/C33H39NO8/c1-21(16-24-12-13-25(18-35)42-24)11-14-28-30-22(19-40-23-8-4-2-5-9-23)17-26-31(27(30)20-41-28)33(39)34(32(26)38)15-7-3-6-10-29(36)37/h2,4-5,8-9,12-13,16,26-28,31,35H,3,6-7,10-11,14-15,17-20H2,1H3,(H,36,37)/b21-16+/t26-,27+,28-,31-/m1/s1. The average molecular weight is 578 g/mol. The molecule has 4 atom stereocenters. The van der Waals surface area contributed by atoms with Gasteiger partial charge in [0.25, 0.3) is 0 Å². The van der Waals surface area contributed by atoms with Crippen LogP contribution in [0.5, 0.6) is 5.75 Å². The number of imide groups is 1. The number of benzene rings is 1. The highest BCUT2D eigenvalue weighted by Crippen LogP contribution is 2.50. The van der Waals surface area contributed by atoms with E-state index >= 15 is 0 Å². The summed E-state index contributed by atoms with van der Waals surface area (Å²) in [6, 6.07) is 13.2. The van der Waals surface area contributed by atoms with Crippen LogP contribution in [0.4, 0.5) is 0 Å². The number of aliphatic carboxylic acids is 1. The molecule has 0 saturated carbocycles. The number of ether oxygens (including phenoxy) is 2. The van der Waals surface area contributed by atoms with E-state index in [1.165, 1.54) is 4.90 Å². The summed E-state index contributed by atoms with van der Waals surface area (Å²) < 4.78 is 18.1. The smallest absolute Gasteiger partial charge is 0.303 e. The number of furan rings is 1. The SMILES string of the molecule is C/C(=C\c1ccc(CO)o1)CC[C@H]1OC[C@H]2C1=C(COc1ccccc1)C[C@H]1C(=O)N(CCCCCC(=O)O)C(=O)[C@H]12. The fourth-order valence-corrected chi connectivity index (χ4v) is 6.53. The van der Waals surface area contributed by atoms with Gasteiger partial charge >= 0.3 is 5.97 Å². The van der Waals surface area contributed by atoms with Crippen molar-refractivity contribution < 1.29 is 38.5 Å². The molecule has 0 unspecified atom stereocenters. The number of hydrogen-bond donors (Lipinski definition) is 2. The summed E-state index contributed by atoms with van der Waals surface area (Å²) in [4.78, 5) is 39.3. The van der Waals surface area contributed by atoms with Crippen LogP contribution in [0.15, 0.2) is 63.6 Å². The predicted octanol–water partition coefficient (Wildman–Crippen LogP) is 5.00. The van der Waals surface area contributed by atoms with Crippen LogP contribution in [-0.4, -0.2) is 58.8 Å². The maximum Gasteiger partial charge on any atom is 0.303 e. The van der Waals surface area contributed by atoms with Crippen molar-refractivity contribution in [2.75, 3.05) is 19.8 Å². The molecule has 2 fully saturated rings. The molecule has 2 aliphatic heterocycles. The van der Waals surface area contributed by atoms with Crippen LogP contribution in [0.2, 0.25) is 0 Å². The van der Waals surface area contributed by atoms with Crippen molar-refractivity contribution in [2.24, 2.45) is 17.8 Å². The number of para-hydroxylation sites is 1. The topological polar surface area (TPSA) is 127 Å². The van der Waals surface area contributed by atoms with E-state index in [9.17, 15) is 19.5 Å². The van der Waals surface area contributed by atoms with E-state index in [1.807, 2.05) is 49.4 Å². The van der Waals surface area contributed by atoms with Crippen molar-refractivity contribution in [2.45, 2.75) is 64.6 Å². The molecule has 1 aromatic carbocycles. The number of aliphatic hydroxyl groups is 1. The quantitative estimate of drug-likeness (QED) is 0.183. The third-order valence-electron chi connectivity index (χ3n) is 8.56. The van der Waals surface area contributed by atoms with Crippen LogP contribution < -0.4 is 4.74 Å². The lowest BCUT2D eigenvalue weighted by molar-refractivity contribution is -0.141. The summed E-state index contributed by atoms with van der Waals surface area (Å²) in [6.45, 7) is 2.94. The maximum atomic E-state index is 13.6. The number of fused-ring (bicyclic) bond motifs is 3. The van der Waals surface area contributed by atoms with E-state index in [1.54, 1.807) is 6.07 Å². The number of likely N-dealkylation sites (tertiary alicyclic amines) is 1. The van der Waals surface area contributed by atoms with Gasteiger partial charge in [-0.15, -0.1) is 0 Å².